The second-order valence-corrected chi connectivity index (χ2v) is 6.10. The summed E-state index contributed by atoms with van der Waals surface area (Å²) in [4.78, 5) is 23.7. The number of hydrogen-bond donors (Lipinski definition) is 1. The average Bonchev–Trinajstić information content (AvgIpc) is 2.62. The van der Waals surface area contributed by atoms with E-state index in [9.17, 15) is 14.7 Å². The maximum Gasteiger partial charge on any atom is 0.225 e. The molecule has 0 spiro atoms. The zero-order valence-electron chi connectivity index (χ0n) is 14.5. The molecule has 1 atom stereocenters. The molecule has 0 unspecified atom stereocenters. The monoisotopic (exact) mass is 376 g/mol. The molecule has 2 aromatic rings. The third kappa shape index (κ3) is 5.39. The molecule has 0 saturated heterocycles. The van der Waals surface area contributed by atoms with Gasteiger partial charge in [-0.3, -0.25) is 4.79 Å². The van der Waals surface area contributed by atoms with E-state index < -0.39 is 17.8 Å². The quantitative estimate of drug-likeness (QED) is 0.763. The van der Waals surface area contributed by atoms with Crippen LogP contribution in [0.1, 0.15) is 12.0 Å². The predicted octanol–water partition coefficient (Wildman–Crippen LogP) is 2.29. The number of halogens is 1. The lowest BCUT2D eigenvalue weighted by atomic mass is 9.96. The van der Waals surface area contributed by atoms with Crippen molar-refractivity contribution < 1.29 is 24.2 Å². The molecule has 138 valence electrons. The highest BCUT2D eigenvalue weighted by molar-refractivity contribution is 6.30. The van der Waals surface area contributed by atoms with Gasteiger partial charge < -0.3 is 24.7 Å². The van der Waals surface area contributed by atoms with E-state index in [2.05, 4.69) is 5.32 Å². The average molecular weight is 377 g/mol. The Hall–Kier alpha value is -2.73. The van der Waals surface area contributed by atoms with Crippen molar-refractivity contribution in [2.24, 2.45) is 5.92 Å². The number of anilines is 1. The van der Waals surface area contributed by atoms with Crippen molar-refractivity contribution in [1.29, 1.82) is 0 Å². The molecule has 0 heterocycles. The van der Waals surface area contributed by atoms with Crippen molar-refractivity contribution in [3.05, 3.63) is 53.1 Å². The van der Waals surface area contributed by atoms with Crippen LogP contribution in [-0.2, 0) is 16.0 Å². The maximum absolute atomic E-state index is 12.3. The van der Waals surface area contributed by atoms with Crippen LogP contribution in [0, 0.1) is 5.92 Å². The van der Waals surface area contributed by atoms with Gasteiger partial charge in [0.1, 0.15) is 11.5 Å². The third-order valence-corrected chi connectivity index (χ3v) is 4.09. The second-order valence-electron chi connectivity index (χ2n) is 5.67. The van der Waals surface area contributed by atoms with Crippen molar-refractivity contribution >= 4 is 29.2 Å². The zero-order valence-corrected chi connectivity index (χ0v) is 15.2. The Morgan fingerprint density at radius 1 is 1.12 bits per heavy atom. The molecule has 0 saturated carbocycles. The Morgan fingerprint density at radius 2 is 1.81 bits per heavy atom. The Kier molecular flexibility index (Phi) is 6.86. The summed E-state index contributed by atoms with van der Waals surface area (Å²) in [7, 11) is 2.98. The Balaban J connectivity index is 2.08. The first-order valence-electron chi connectivity index (χ1n) is 7.90. The maximum atomic E-state index is 12.3. The van der Waals surface area contributed by atoms with Crippen molar-refractivity contribution in [1.82, 2.24) is 0 Å². The van der Waals surface area contributed by atoms with Gasteiger partial charge in [0.25, 0.3) is 0 Å². The third-order valence-electron chi connectivity index (χ3n) is 3.84. The van der Waals surface area contributed by atoms with E-state index in [0.717, 1.165) is 5.56 Å². The number of rotatable bonds is 8. The van der Waals surface area contributed by atoms with E-state index in [4.69, 9.17) is 21.1 Å². The SMILES string of the molecule is COc1ccc(OC)c(NC(=O)C[C@@H](Cc2ccc(Cl)cc2)C(=O)[O-])c1. The van der Waals surface area contributed by atoms with Gasteiger partial charge in [0.15, 0.2) is 0 Å². The number of carboxylic acids is 1. The van der Waals surface area contributed by atoms with E-state index in [0.29, 0.717) is 22.2 Å². The lowest BCUT2D eigenvalue weighted by molar-refractivity contribution is -0.311. The summed E-state index contributed by atoms with van der Waals surface area (Å²) >= 11 is 5.82. The molecule has 2 aromatic carbocycles. The van der Waals surface area contributed by atoms with E-state index in [1.807, 2.05) is 0 Å². The van der Waals surface area contributed by atoms with Crippen molar-refractivity contribution in [2.45, 2.75) is 12.8 Å². The first-order valence-corrected chi connectivity index (χ1v) is 8.28. The molecular weight excluding hydrogens is 358 g/mol. The Morgan fingerprint density at radius 3 is 2.38 bits per heavy atom. The summed E-state index contributed by atoms with van der Waals surface area (Å²) in [6, 6.07) is 11.7. The fourth-order valence-electron chi connectivity index (χ4n) is 2.48. The molecule has 26 heavy (non-hydrogen) atoms. The number of aliphatic carboxylic acids is 1. The fourth-order valence-corrected chi connectivity index (χ4v) is 2.61. The van der Waals surface area contributed by atoms with Gasteiger partial charge in [0.2, 0.25) is 5.91 Å². The van der Waals surface area contributed by atoms with Crippen LogP contribution in [0.3, 0.4) is 0 Å². The second kappa shape index (κ2) is 9.10. The molecule has 0 aliphatic rings. The van der Waals surface area contributed by atoms with Crippen molar-refractivity contribution in [3.8, 4) is 11.5 Å². The van der Waals surface area contributed by atoms with Crippen LogP contribution in [0.25, 0.3) is 0 Å². The Bertz CT molecular complexity index is 776. The lowest BCUT2D eigenvalue weighted by Gasteiger charge is -2.18. The van der Waals surface area contributed by atoms with Crippen LogP contribution in [0.15, 0.2) is 42.5 Å². The van der Waals surface area contributed by atoms with Gasteiger partial charge >= 0.3 is 0 Å². The van der Waals surface area contributed by atoms with Gasteiger partial charge in [-0.25, -0.2) is 0 Å². The molecule has 2 rings (SSSR count). The van der Waals surface area contributed by atoms with Gasteiger partial charge in [-0.15, -0.1) is 0 Å². The van der Waals surface area contributed by atoms with Gasteiger partial charge in [-0.05, 0) is 36.2 Å². The van der Waals surface area contributed by atoms with Crippen LogP contribution in [0.2, 0.25) is 5.02 Å². The predicted molar refractivity (Wildman–Crippen MR) is 96.4 cm³/mol. The summed E-state index contributed by atoms with van der Waals surface area (Å²) in [5.74, 6) is -1.72. The van der Waals surface area contributed by atoms with Gasteiger partial charge in [0.05, 0.1) is 19.9 Å². The number of benzene rings is 2. The van der Waals surface area contributed by atoms with Gasteiger partial charge in [-0.1, -0.05) is 23.7 Å². The van der Waals surface area contributed by atoms with Crippen molar-refractivity contribution in [3.63, 3.8) is 0 Å². The topological polar surface area (TPSA) is 87.7 Å². The Labute approximate surface area is 156 Å². The smallest absolute Gasteiger partial charge is 0.225 e. The molecule has 1 amide bonds. The first kappa shape index (κ1) is 19.6. The van der Waals surface area contributed by atoms with Gasteiger partial charge in [-0.2, -0.15) is 0 Å². The number of ether oxygens (including phenoxy) is 2. The zero-order chi connectivity index (χ0) is 19.1. The lowest BCUT2D eigenvalue weighted by Crippen LogP contribution is -2.35. The molecule has 0 aliphatic carbocycles. The molecule has 0 fully saturated rings. The van der Waals surface area contributed by atoms with Crippen LogP contribution in [0.5, 0.6) is 11.5 Å². The summed E-state index contributed by atoms with van der Waals surface area (Å²) in [6.07, 6.45) is -0.0620. The van der Waals surface area contributed by atoms with E-state index in [1.165, 1.54) is 14.2 Å². The van der Waals surface area contributed by atoms with E-state index >= 15 is 0 Å². The number of methoxy groups -OCH3 is 2. The van der Waals surface area contributed by atoms with E-state index in [-0.39, 0.29) is 12.8 Å². The minimum absolute atomic E-state index is 0.169. The normalized spacial score (nSPS) is 11.5. The highest BCUT2D eigenvalue weighted by Gasteiger charge is 2.17. The molecule has 0 aromatic heterocycles. The van der Waals surface area contributed by atoms with Crippen LogP contribution in [0.4, 0.5) is 5.69 Å². The largest absolute Gasteiger partial charge is 0.550 e. The standard InChI is InChI=1S/C19H20ClNO5/c1-25-15-7-8-17(26-2)16(11-15)21-18(22)10-13(19(23)24)9-12-3-5-14(20)6-4-12/h3-8,11,13H,9-10H2,1-2H3,(H,21,22)(H,23,24)/p-1/t13-/m1/s1. The summed E-state index contributed by atoms with van der Waals surface area (Å²) < 4.78 is 10.3. The molecule has 0 aliphatic heterocycles. The molecule has 0 bridgehead atoms. The van der Waals surface area contributed by atoms with Crippen LogP contribution in [-0.4, -0.2) is 26.1 Å². The fraction of sp³-hybridized carbons (Fsp3) is 0.263. The highest BCUT2D eigenvalue weighted by atomic mass is 35.5. The summed E-state index contributed by atoms with van der Waals surface area (Å²) in [5, 5.41) is 14.6. The van der Waals surface area contributed by atoms with Crippen LogP contribution >= 0.6 is 11.6 Å². The molecule has 0 radical (unpaired) electrons. The van der Waals surface area contributed by atoms with E-state index in [1.54, 1.807) is 42.5 Å². The first-order chi connectivity index (χ1) is 12.4. The van der Waals surface area contributed by atoms with Gasteiger partial charge in [0, 0.05) is 29.4 Å². The number of carbonyl (C=O) groups is 2. The number of nitrogens with one attached hydrogen (secondary N) is 1. The molecule has 7 heteroatoms. The number of hydrogen-bond acceptors (Lipinski definition) is 5. The molecular formula is C19H19ClNO5-. The molecule has 6 nitrogen and oxygen atoms in total. The number of carboxylic acid groups (broad SMARTS) is 1. The number of carbonyl (C=O) groups excluding carboxylic acids is 2. The highest BCUT2D eigenvalue weighted by Crippen LogP contribution is 2.29. The summed E-state index contributed by atoms with van der Waals surface area (Å²) in [5.41, 5.74) is 1.16. The van der Waals surface area contributed by atoms with Crippen molar-refractivity contribution in [2.75, 3.05) is 19.5 Å². The minimum Gasteiger partial charge on any atom is -0.550 e. The summed E-state index contributed by atoms with van der Waals surface area (Å²) in [6.45, 7) is 0. The van der Waals surface area contributed by atoms with Crippen LogP contribution < -0.4 is 19.9 Å². The minimum atomic E-state index is -1.28. The number of amides is 1. The molecule has 1 N–H and O–H groups in total.